The molecule has 0 saturated heterocycles. The standard InChI is InChI=1S/C12H25O.W/c1-11(2)10-13-9-7-6-8-12(3,4)5;/h6-10H2,1-5H3;. The van der Waals surface area contributed by atoms with Gasteiger partial charge in [0.2, 0.25) is 0 Å². The Kier molecular flexibility index (Phi) is 6.57. The Morgan fingerprint density at radius 3 is 2.00 bits per heavy atom. The number of ether oxygens (including phenoxy) is 1. The van der Waals surface area contributed by atoms with E-state index in [4.69, 9.17) is 4.74 Å². The minimum atomic E-state index is 0.393. The van der Waals surface area contributed by atoms with Crippen LogP contribution in [0.1, 0.15) is 53.9 Å². The third-order valence-electron chi connectivity index (χ3n) is 1.92. The zero-order valence-electron chi connectivity index (χ0n) is 10.4. The SMILES string of the molecule is CC(C)(C)CCCCOC[C](C)(C)[W]. The van der Waals surface area contributed by atoms with E-state index in [0.717, 1.165) is 13.2 Å². The molecule has 0 atom stereocenters. The van der Waals surface area contributed by atoms with Gasteiger partial charge in [-0.15, -0.1) is 0 Å². The first-order valence-corrected chi connectivity index (χ1v) is 6.96. The van der Waals surface area contributed by atoms with Gasteiger partial charge < -0.3 is 0 Å². The molecule has 0 aliphatic carbocycles. The first-order valence-electron chi connectivity index (χ1n) is 5.49. The van der Waals surface area contributed by atoms with Crippen LogP contribution in [0.4, 0.5) is 0 Å². The molecular formula is C12H25OW. The summed E-state index contributed by atoms with van der Waals surface area (Å²) >= 11 is 1.61. The van der Waals surface area contributed by atoms with E-state index in [1.165, 1.54) is 19.3 Å². The van der Waals surface area contributed by atoms with Gasteiger partial charge in [0.05, 0.1) is 0 Å². The van der Waals surface area contributed by atoms with Crippen molar-refractivity contribution in [3.05, 3.63) is 0 Å². The van der Waals surface area contributed by atoms with Gasteiger partial charge in [-0.1, -0.05) is 0 Å². The van der Waals surface area contributed by atoms with Gasteiger partial charge in [-0.25, -0.2) is 0 Å². The van der Waals surface area contributed by atoms with E-state index in [0.29, 0.717) is 9.22 Å². The van der Waals surface area contributed by atoms with Gasteiger partial charge in [-0.05, 0) is 0 Å². The summed E-state index contributed by atoms with van der Waals surface area (Å²) in [6, 6.07) is 0. The fourth-order valence-corrected chi connectivity index (χ4v) is 1.48. The molecule has 2 heteroatoms. The predicted octanol–water partition coefficient (Wildman–Crippen LogP) is 3.96. The van der Waals surface area contributed by atoms with Crippen LogP contribution in [-0.4, -0.2) is 13.2 Å². The van der Waals surface area contributed by atoms with Gasteiger partial charge in [0.1, 0.15) is 0 Å². The van der Waals surface area contributed by atoms with Gasteiger partial charge in [-0.3, -0.25) is 0 Å². The van der Waals surface area contributed by atoms with E-state index in [1.54, 1.807) is 19.8 Å². The van der Waals surface area contributed by atoms with Gasteiger partial charge in [-0.2, -0.15) is 0 Å². The maximum absolute atomic E-state index is 5.63. The predicted molar refractivity (Wildman–Crippen MR) is 58.2 cm³/mol. The number of unbranched alkanes of at least 4 members (excludes halogenated alkanes) is 1. The van der Waals surface area contributed by atoms with Crippen molar-refractivity contribution in [3.8, 4) is 0 Å². The van der Waals surface area contributed by atoms with Crippen molar-refractivity contribution >= 4 is 0 Å². The molecule has 0 aromatic heterocycles. The summed E-state index contributed by atoms with van der Waals surface area (Å²) in [5.74, 6) is 0. The Labute approximate surface area is 101 Å². The summed E-state index contributed by atoms with van der Waals surface area (Å²) in [6.45, 7) is 13.2. The van der Waals surface area contributed by atoms with E-state index in [2.05, 4.69) is 34.6 Å². The molecule has 0 rings (SSSR count). The summed E-state index contributed by atoms with van der Waals surface area (Å²) in [7, 11) is 0. The molecule has 14 heavy (non-hydrogen) atoms. The van der Waals surface area contributed by atoms with Crippen LogP contribution in [0, 0.1) is 5.41 Å². The number of hydrogen-bond acceptors (Lipinski definition) is 1. The van der Waals surface area contributed by atoms with E-state index in [9.17, 15) is 0 Å². The average Bonchev–Trinajstić information content (AvgIpc) is 1.92. The number of rotatable bonds is 6. The third kappa shape index (κ3) is 12.6. The molecular weight excluding hydrogens is 344 g/mol. The molecule has 0 heterocycles. The second-order valence-corrected chi connectivity index (χ2v) is 9.80. The molecule has 85 valence electrons. The van der Waals surface area contributed by atoms with Crippen molar-refractivity contribution in [2.75, 3.05) is 13.2 Å². The first kappa shape index (κ1) is 14.6. The fourth-order valence-electron chi connectivity index (χ4n) is 1.18. The molecule has 0 bridgehead atoms. The van der Waals surface area contributed by atoms with Gasteiger partial charge >= 0.3 is 101 Å². The molecule has 0 N–H and O–H groups in total. The topological polar surface area (TPSA) is 9.23 Å². The van der Waals surface area contributed by atoms with Crippen LogP contribution in [0.5, 0.6) is 0 Å². The second kappa shape index (κ2) is 6.28. The molecule has 0 aliphatic heterocycles. The van der Waals surface area contributed by atoms with Crippen LogP contribution in [-0.2, 0) is 24.6 Å². The monoisotopic (exact) mass is 369 g/mol. The van der Waals surface area contributed by atoms with Crippen molar-refractivity contribution in [2.45, 2.75) is 57.7 Å². The van der Waals surface area contributed by atoms with Crippen molar-refractivity contribution in [1.82, 2.24) is 0 Å². The Balaban J connectivity index is 3.23. The molecule has 0 aromatic rings. The van der Waals surface area contributed by atoms with Gasteiger partial charge in [0.25, 0.3) is 0 Å². The van der Waals surface area contributed by atoms with Crippen LogP contribution in [0.2, 0.25) is 3.80 Å². The molecule has 1 nitrogen and oxygen atoms in total. The Morgan fingerprint density at radius 1 is 1.00 bits per heavy atom. The zero-order valence-corrected chi connectivity index (χ0v) is 13.3. The van der Waals surface area contributed by atoms with Crippen molar-refractivity contribution in [1.29, 1.82) is 0 Å². The molecule has 0 fully saturated rings. The summed E-state index contributed by atoms with van der Waals surface area (Å²) in [5, 5.41) is 0. The molecule has 0 aromatic carbocycles. The Bertz CT molecular complexity index is 123. The van der Waals surface area contributed by atoms with Crippen molar-refractivity contribution in [3.63, 3.8) is 0 Å². The van der Waals surface area contributed by atoms with E-state index in [-0.39, 0.29) is 0 Å². The first-order chi connectivity index (χ1) is 6.21. The van der Waals surface area contributed by atoms with Crippen molar-refractivity contribution < 1.29 is 24.6 Å². The molecule has 0 aliphatic rings. The molecule has 0 radical (unpaired) electrons. The molecule has 0 unspecified atom stereocenters. The number of hydrogen-bond donors (Lipinski definition) is 0. The molecule has 0 saturated carbocycles. The second-order valence-electron chi connectivity index (χ2n) is 5.83. The van der Waals surface area contributed by atoms with Crippen LogP contribution >= 0.6 is 0 Å². The van der Waals surface area contributed by atoms with E-state index >= 15 is 0 Å². The van der Waals surface area contributed by atoms with Gasteiger partial charge in [0, 0.05) is 0 Å². The van der Waals surface area contributed by atoms with E-state index < -0.39 is 0 Å². The third-order valence-corrected chi connectivity index (χ3v) is 2.34. The Morgan fingerprint density at radius 2 is 1.57 bits per heavy atom. The van der Waals surface area contributed by atoms with Crippen LogP contribution < -0.4 is 0 Å². The summed E-state index contributed by atoms with van der Waals surface area (Å²) in [6.07, 6.45) is 3.81. The van der Waals surface area contributed by atoms with E-state index in [1.807, 2.05) is 0 Å². The minimum absolute atomic E-state index is 0.393. The van der Waals surface area contributed by atoms with Gasteiger partial charge in [0.15, 0.2) is 0 Å². The molecule has 0 spiro atoms. The zero-order chi connectivity index (χ0) is 11.2. The van der Waals surface area contributed by atoms with Crippen molar-refractivity contribution in [2.24, 2.45) is 5.41 Å². The maximum atomic E-state index is 5.63. The summed E-state index contributed by atoms with van der Waals surface area (Å²) < 4.78 is 6.03. The Hall–Kier alpha value is 0.648. The normalized spacial score (nSPS) is 13.2. The summed E-state index contributed by atoms with van der Waals surface area (Å²) in [5.41, 5.74) is 0.480. The molecule has 0 amide bonds. The summed E-state index contributed by atoms with van der Waals surface area (Å²) in [4.78, 5) is 0. The van der Waals surface area contributed by atoms with Crippen LogP contribution in [0.25, 0.3) is 0 Å². The fraction of sp³-hybridized carbons (Fsp3) is 1.00. The quantitative estimate of drug-likeness (QED) is 0.644. The van der Waals surface area contributed by atoms with Crippen LogP contribution in [0.3, 0.4) is 0 Å². The van der Waals surface area contributed by atoms with Crippen LogP contribution in [0.15, 0.2) is 0 Å². The average molecular weight is 369 g/mol.